The SMILES string of the molecule is CCC[C@H]1OC(CC(=O)O)[C@@H]2OC(C)(C)O[C@H]12. The molecule has 2 aliphatic heterocycles. The van der Waals surface area contributed by atoms with Crippen molar-refractivity contribution in [2.24, 2.45) is 0 Å². The third kappa shape index (κ3) is 2.61. The molecule has 5 nitrogen and oxygen atoms in total. The summed E-state index contributed by atoms with van der Waals surface area (Å²) in [4.78, 5) is 10.8. The second-order valence-electron chi connectivity index (χ2n) is 5.16. The Kier molecular flexibility index (Phi) is 3.43. The lowest BCUT2D eigenvalue weighted by molar-refractivity contribution is -0.189. The topological polar surface area (TPSA) is 65.0 Å². The van der Waals surface area contributed by atoms with Crippen molar-refractivity contribution in [2.45, 2.75) is 70.2 Å². The molecule has 2 rings (SSSR count). The minimum Gasteiger partial charge on any atom is -0.481 e. The Bertz CT molecular complexity index is 301. The van der Waals surface area contributed by atoms with Crippen LogP contribution in [0.5, 0.6) is 0 Å². The van der Waals surface area contributed by atoms with E-state index in [-0.39, 0.29) is 24.7 Å². The molecule has 0 saturated carbocycles. The van der Waals surface area contributed by atoms with Gasteiger partial charge in [-0.25, -0.2) is 0 Å². The largest absolute Gasteiger partial charge is 0.481 e. The van der Waals surface area contributed by atoms with Gasteiger partial charge in [0.2, 0.25) is 0 Å². The van der Waals surface area contributed by atoms with E-state index in [1.54, 1.807) is 0 Å². The van der Waals surface area contributed by atoms with E-state index in [1.165, 1.54) is 0 Å². The Labute approximate surface area is 101 Å². The average molecular weight is 244 g/mol. The fraction of sp³-hybridized carbons (Fsp3) is 0.917. The van der Waals surface area contributed by atoms with Crippen LogP contribution in [0.2, 0.25) is 0 Å². The first-order chi connectivity index (χ1) is 7.93. The smallest absolute Gasteiger partial charge is 0.306 e. The van der Waals surface area contributed by atoms with Gasteiger partial charge in [0.15, 0.2) is 5.79 Å². The Morgan fingerprint density at radius 3 is 2.35 bits per heavy atom. The van der Waals surface area contributed by atoms with Crippen LogP contribution in [0.1, 0.15) is 40.0 Å². The number of aliphatic carboxylic acids is 1. The summed E-state index contributed by atoms with van der Waals surface area (Å²) < 4.78 is 17.3. The first kappa shape index (κ1) is 12.8. The quantitative estimate of drug-likeness (QED) is 0.812. The second kappa shape index (κ2) is 4.55. The first-order valence-electron chi connectivity index (χ1n) is 6.16. The van der Waals surface area contributed by atoms with Crippen LogP contribution in [0.25, 0.3) is 0 Å². The predicted molar refractivity (Wildman–Crippen MR) is 59.6 cm³/mol. The van der Waals surface area contributed by atoms with Crippen molar-refractivity contribution in [3.63, 3.8) is 0 Å². The highest BCUT2D eigenvalue weighted by Crippen LogP contribution is 2.40. The van der Waals surface area contributed by atoms with Gasteiger partial charge in [-0.1, -0.05) is 13.3 Å². The normalized spacial score (nSPS) is 39.2. The summed E-state index contributed by atoms with van der Waals surface area (Å²) in [6.07, 6.45) is 1.01. The summed E-state index contributed by atoms with van der Waals surface area (Å²) in [6, 6.07) is 0. The van der Waals surface area contributed by atoms with Crippen molar-refractivity contribution in [3.8, 4) is 0 Å². The molecule has 1 N–H and O–H groups in total. The molecule has 2 heterocycles. The van der Waals surface area contributed by atoms with Crippen molar-refractivity contribution >= 4 is 5.97 Å². The molecule has 0 bridgehead atoms. The monoisotopic (exact) mass is 244 g/mol. The zero-order valence-electron chi connectivity index (χ0n) is 10.5. The maximum atomic E-state index is 10.8. The molecular weight excluding hydrogens is 224 g/mol. The van der Waals surface area contributed by atoms with E-state index in [9.17, 15) is 4.79 Å². The summed E-state index contributed by atoms with van der Waals surface area (Å²) in [7, 11) is 0. The highest BCUT2D eigenvalue weighted by molar-refractivity contribution is 5.67. The number of hydrogen-bond donors (Lipinski definition) is 1. The molecule has 0 aromatic carbocycles. The third-order valence-electron chi connectivity index (χ3n) is 3.20. The minimum atomic E-state index is -0.862. The molecule has 0 aliphatic carbocycles. The molecule has 4 atom stereocenters. The molecule has 2 aliphatic rings. The molecule has 2 fully saturated rings. The lowest BCUT2D eigenvalue weighted by Gasteiger charge is -2.23. The van der Waals surface area contributed by atoms with Gasteiger partial charge >= 0.3 is 5.97 Å². The summed E-state index contributed by atoms with van der Waals surface area (Å²) in [6.45, 7) is 5.78. The van der Waals surface area contributed by atoms with Crippen molar-refractivity contribution in [1.82, 2.24) is 0 Å². The number of carboxylic acid groups (broad SMARTS) is 1. The van der Waals surface area contributed by atoms with Gasteiger partial charge in [0, 0.05) is 0 Å². The molecule has 0 aromatic heterocycles. The average Bonchev–Trinajstić information content (AvgIpc) is 2.63. The molecule has 0 spiro atoms. The van der Waals surface area contributed by atoms with Crippen LogP contribution in [-0.2, 0) is 19.0 Å². The zero-order valence-corrected chi connectivity index (χ0v) is 10.5. The first-order valence-corrected chi connectivity index (χ1v) is 6.16. The Hall–Kier alpha value is -0.650. The van der Waals surface area contributed by atoms with Crippen LogP contribution < -0.4 is 0 Å². The fourth-order valence-corrected chi connectivity index (χ4v) is 2.62. The Balaban J connectivity index is 2.09. The van der Waals surface area contributed by atoms with E-state index in [0.29, 0.717) is 0 Å². The van der Waals surface area contributed by atoms with E-state index in [4.69, 9.17) is 19.3 Å². The number of rotatable bonds is 4. The van der Waals surface area contributed by atoms with Gasteiger partial charge in [0.05, 0.1) is 18.6 Å². The van der Waals surface area contributed by atoms with E-state index in [1.807, 2.05) is 13.8 Å². The van der Waals surface area contributed by atoms with Gasteiger partial charge < -0.3 is 19.3 Å². The Morgan fingerprint density at radius 1 is 1.24 bits per heavy atom. The number of hydrogen-bond acceptors (Lipinski definition) is 4. The van der Waals surface area contributed by atoms with Crippen LogP contribution in [0.15, 0.2) is 0 Å². The number of ether oxygens (including phenoxy) is 3. The molecule has 17 heavy (non-hydrogen) atoms. The van der Waals surface area contributed by atoms with Crippen LogP contribution in [0.3, 0.4) is 0 Å². The van der Waals surface area contributed by atoms with Gasteiger partial charge in [-0.3, -0.25) is 4.79 Å². The number of carbonyl (C=O) groups is 1. The van der Waals surface area contributed by atoms with Gasteiger partial charge in [0.1, 0.15) is 12.2 Å². The van der Waals surface area contributed by atoms with Crippen LogP contribution in [0.4, 0.5) is 0 Å². The number of fused-ring (bicyclic) bond motifs is 1. The van der Waals surface area contributed by atoms with E-state index in [0.717, 1.165) is 12.8 Å². The van der Waals surface area contributed by atoms with Crippen LogP contribution >= 0.6 is 0 Å². The van der Waals surface area contributed by atoms with Gasteiger partial charge in [-0.2, -0.15) is 0 Å². The second-order valence-corrected chi connectivity index (χ2v) is 5.16. The molecule has 2 saturated heterocycles. The highest BCUT2D eigenvalue weighted by atomic mass is 16.8. The van der Waals surface area contributed by atoms with Crippen LogP contribution in [-0.4, -0.2) is 41.3 Å². The molecule has 0 aromatic rings. The summed E-state index contributed by atoms with van der Waals surface area (Å²) in [5, 5.41) is 8.86. The molecule has 5 heteroatoms. The van der Waals surface area contributed by atoms with E-state index < -0.39 is 17.9 Å². The van der Waals surface area contributed by atoms with Crippen molar-refractivity contribution in [3.05, 3.63) is 0 Å². The van der Waals surface area contributed by atoms with Crippen LogP contribution in [0, 0.1) is 0 Å². The lowest BCUT2D eigenvalue weighted by Crippen LogP contribution is -2.31. The van der Waals surface area contributed by atoms with Crippen molar-refractivity contribution in [2.75, 3.05) is 0 Å². The fourth-order valence-electron chi connectivity index (χ4n) is 2.62. The maximum Gasteiger partial charge on any atom is 0.306 e. The molecular formula is C12H20O5. The molecule has 0 radical (unpaired) electrons. The maximum absolute atomic E-state index is 10.8. The van der Waals surface area contributed by atoms with E-state index in [2.05, 4.69) is 6.92 Å². The lowest BCUT2D eigenvalue weighted by atomic mass is 10.0. The molecule has 98 valence electrons. The zero-order chi connectivity index (χ0) is 12.6. The third-order valence-corrected chi connectivity index (χ3v) is 3.20. The summed E-state index contributed by atoms with van der Waals surface area (Å²) >= 11 is 0. The highest BCUT2D eigenvalue weighted by Gasteiger charge is 2.54. The van der Waals surface area contributed by atoms with E-state index >= 15 is 0 Å². The standard InChI is InChI=1S/C12H20O5/c1-4-5-7-10-11(17-12(2,3)16-10)8(15-7)6-9(13)14/h7-8,10-11H,4-6H2,1-3H3,(H,13,14)/t7-,8?,10-,11+/m1/s1. The Morgan fingerprint density at radius 2 is 1.82 bits per heavy atom. The van der Waals surface area contributed by atoms with Crippen molar-refractivity contribution < 1.29 is 24.1 Å². The number of carboxylic acids is 1. The predicted octanol–water partition coefficient (Wildman–Crippen LogP) is 1.55. The summed E-state index contributed by atoms with van der Waals surface area (Å²) in [5.74, 6) is -1.50. The van der Waals surface area contributed by atoms with Gasteiger partial charge in [-0.15, -0.1) is 0 Å². The molecule has 1 unspecified atom stereocenters. The van der Waals surface area contributed by atoms with Gasteiger partial charge in [-0.05, 0) is 20.3 Å². The van der Waals surface area contributed by atoms with Crippen molar-refractivity contribution in [1.29, 1.82) is 0 Å². The van der Waals surface area contributed by atoms with Gasteiger partial charge in [0.25, 0.3) is 0 Å². The minimum absolute atomic E-state index is 0.0270. The molecule has 0 amide bonds. The summed E-state index contributed by atoms with van der Waals surface area (Å²) in [5.41, 5.74) is 0.